The van der Waals surface area contributed by atoms with Crippen LogP contribution >= 0.6 is 12.4 Å². The maximum atomic E-state index is 12.8. The predicted octanol–water partition coefficient (Wildman–Crippen LogP) is 2.22. The van der Waals surface area contributed by atoms with Gasteiger partial charge in [-0.25, -0.2) is 4.39 Å². The summed E-state index contributed by atoms with van der Waals surface area (Å²) >= 11 is 0. The summed E-state index contributed by atoms with van der Waals surface area (Å²) in [5, 5.41) is 0. The van der Waals surface area contributed by atoms with Gasteiger partial charge in [0, 0.05) is 12.6 Å². The highest BCUT2D eigenvalue weighted by Gasteiger charge is 2.34. The number of benzene rings is 1. The van der Waals surface area contributed by atoms with Crippen molar-refractivity contribution < 1.29 is 17.6 Å². The average Bonchev–Trinajstić information content (AvgIpc) is 2.15. The fraction of sp³-hybridized carbons (Fsp3) is 0.333. The minimum Gasteiger partial charge on any atom is -0.329 e. The summed E-state index contributed by atoms with van der Waals surface area (Å²) in [5.74, 6) is -1.31. The fourth-order valence-corrected chi connectivity index (χ4v) is 1.13. The Morgan fingerprint density at radius 3 is 2.25 bits per heavy atom. The molecular formula is C9H11ClF4N2. The second kappa shape index (κ2) is 5.47. The highest BCUT2D eigenvalue weighted by atomic mass is 35.5. The highest BCUT2D eigenvalue weighted by Crippen LogP contribution is 2.32. The third-order valence-corrected chi connectivity index (χ3v) is 1.98. The Morgan fingerprint density at radius 1 is 1.25 bits per heavy atom. The molecule has 2 nitrogen and oxygen atoms in total. The third kappa shape index (κ3) is 3.33. The SMILES string of the molecule is Cl.NC[C@@H](N)c1ccc(F)c(C(F)(F)F)c1. The second-order valence-corrected chi connectivity index (χ2v) is 3.08. The van der Waals surface area contributed by atoms with Gasteiger partial charge in [-0.15, -0.1) is 12.4 Å². The molecule has 1 atom stereocenters. The number of halogens is 5. The first kappa shape index (κ1) is 15.2. The molecule has 0 amide bonds. The van der Waals surface area contributed by atoms with E-state index in [9.17, 15) is 17.6 Å². The first-order chi connectivity index (χ1) is 6.86. The van der Waals surface area contributed by atoms with Gasteiger partial charge in [0.2, 0.25) is 0 Å². The van der Waals surface area contributed by atoms with Gasteiger partial charge in [0.15, 0.2) is 0 Å². The molecule has 0 aliphatic heterocycles. The molecule has 0 spiro atoms. The van der Waals surface area contributed by atoms with Crippen LogP contribution in [0, 0.1) is 5.82 Å². The lowest BCUT2D eigenvalue weighted by Crippen LogP contribution is -2.21. The van der Waals surface area contributed by atoms with E-state index in [4.69, 9.17) is 11.5 Å². The minimum absolute atomic E-state index is 0. The van der Waals surface area contributed by atoms with E-state index >= 15 is 0 Å². The van der Waals surface area contributed by atoms with Crippen LogP contribution in [0.5, 0.6) is 0 Å². The number of hydrogen-bond acceptors (Lipinski definition) is 2. The number of alkyl halides is 3. The molecule has 0 saturated heterocycles. The molecule has 0 aliphatic carbocycles. The van der Waals surface area contributed by atoms with Gasteiger partial charge in [-0.05, 0) is 17.7 Å². The summed E-state index contributed by atoms with van der Waals surface area (Å²) in [7, 11) is 0. The van der Waals surface area contributed by atoms with Crippen LogP contribution in [0.4, 0.5) is 17.6 Å². The topological polar surface area (TPSA) is 52.0 Å². The van der Waals surface area contributed by atoms with E-state index in [0.29, 0.717) is 6.07 Å². The molecule has 1 rings (SSSR count). The third-order valence-electron chi connectivity index (χ3n) is 1.98. The lowest BCUT2D eigenvalue weighted by molar-refractivity contribution is -0.140. The lowest BCUT2D eigenvalue weighted by atomic mass is 10.0. The molecule has 0 aromatic heterocycles. The molecule has 1 aromatic carbocycles. The van der Waals surface area contributed by atoms with Gasteiger partial charge in [-0.1, -0.05) is 6.07 Å². The van der Waals surface area contributed by atoms with Crippen LogP contribution in [0.3, 0.4) is 0 Å². The molecule has 1 aromatic rings. The van der Waals surface area contributed by atoms with E-state index < -0.39 is 23.6 Å². The number of hydrogen-bond donors (Lipinski definition) is 2. The van der Waals surface area contributed by atoms with Crippen LogP contribution in [-0.4, -0.2) is 6.54 Å². The van der Waals surface area contributed by atoms with Crippen molar-refractivity contribution in [2.45, 2.75) is 12.2 Å². The molecule has 0 heterocycles. The standard InChI is InChI=1S/C9H10F4N2.ClH/c10-7-2-1-5(8(15)4-14)3-6(7)9(11,12)13;/h1-3,8H,4,14-15H2;1H/t8-;/m1./s1. The van der Waals surface area contributed by atoms with Gasteiger partial charge in [0.1, 0.15) is 5.82 Å². The quantitative estimate of drug-likeness (QED) is 0.799. The highest BCUT2D eigenvalue weighted by molar-refractivity contribution is 5.85. The molecule has 0 unspecified atom stereocenters. The lowest BCUT2D eigenvalue weighted by Gasteiger charge is -2.13. The second-order valence-electron chi connectivity index (χ2n) is 3.08. The molecule has 0 saturated carbocycles. The molecule has 0 bridgehead atoms. The first-order valence-corrected chi connectivity index (χ1v) is 4.18. The van der Waals surface area contributed by atoms with Crippen LogP contribution in [0.25, 0.3) is 0 Å². The molecule has 4 N–H and O–H groups in total. The number of rotatable bonds is 2. The minimum atomic E-state index is -4.71. The first-order valence-electron chi connectivity index (χ1n) is 4.18. The maximum Gasteiger partial charge on any atom is 0.419 e. The van der Waals surface area contributed by atoms with Crippen LogP contribution in [0.2, 0.25) is 0 Å². The predicted molar refractivity (Wildman–Crippen MR) is 54.6 cm³/mol. The van der Waals surface area contributed by atoms with Crippen molar-refractivity contribution in [3.63, 3.8) is 0 Å². The fourth-order valence-electron chi connectivity index (χ4n) is 1.13. The molecule has 92 valence electrons. The van der Waals surface area contributed by atoms with Gasteiger partial charge >= 0.3 is 6.18 Å². The van der Waals surface area contributed by atoms with Gasteiger partial charge in [-0.3, -0.25) is 0 Å². The summed E-state index contributed by atoms with van der Waals surface area (Å²) in [6, 6.07) is 1.91. The van der Waals surface area contributed by atoms with E-state index in [1.54, 1.807) is 0 Å². The maximum absolute atomic E-state index is 12.8. The Kier molecular flexibility index (Phi) is 5.18. The van der Waals surface area contributed by atoms with Crippen LogP contribution in [0.1, 0.15) is 17.2 Å². The van der Waals surface area contributed by atoms with E-state index in [1.165, 1.54) is 6.07 Å². The van der Waals surface area contributed by atoms with Gasteiger partial charge in [-0.2, -0.15) is 13.2 Å². The summed E-state index contributed by atoms with van der Waals surface area (Å²) in [6.07, 6.45) is -4.71. The Morgan fingerprint density at radius 2 is 1.81 bits per heavy atom. The monoisotopic (exact) mass is 258 g/mol. The number of nitrogens with two attached hydrogens (primary N) is 2. The van der Waals surface area contributed by atoms with Crippen LogP contribution in [0.15, 0.2) is 18.2 Å². The summed E-state index contributed by atoms with van der Waals surface area (Å²) in [6.45, 7) is 0.00291. The van der Waals surface area contributed by atoms with E-state index in [1.807, 2.05) is 0 Å². The van der Waals surface area contributed by atoms with E-state index in [2.05, 4.69) is 0 Å². The van der Waals surface area contributed by atoms with Crippen LogP contribution < -0.4 is 11.5 Å². The zero-order chi connectivity index (χ0) is 11.6. The largest absolute Gasteiger partial charge is 0.419 e. The van der Waals surface area contributed by atoms with Crippen molar-refractivity contribution in [3.8, 4) is 0 Å². The normalized spacial score (nSPS) is 13.1. The van der Waals surface area contributed by atoms with Crippen molar-refractivity contribution >= 4 is 12.4 Å². The Balaban J connectivity index is 0.00000225. The van der Waals surface area contributed by atoms with Gasteiger partial charge in [0.05, 0.1) is 5.56 Å². The molecule has 16 heavy (non-hydrogen) atoms. The molecule has 7 heteroatoms. The van der Waals surface area contributed by atoms with Crippen molar-refractivity contribution in [1.29, 1.82) is 0 Å². The zero-order valence-electron chi connectivity index (χ0n) is 8.09. The molecule has 0 fully saturated rings. The summed E-state index contributed by atoms with van der Waals surface area (Å²) in [5.41, 5.74) is 9.50. The zero-order valence-corrected chi connectivity index (χ0v) is 8.91. The Labute approximate surface area is 96.0 Å². The van der Waals surface area contributed by atoms with Crippen LogP contribution in [-0.2, 0) is 6.18 Å². The van der Waals surface area contributed by atoms with Crippen molar-refractivity contribution in [2.24, 2.45) is 11.5 Å². The van der Waals surface area contributed by atoms with Gasteiger partial charge < -0.3 is 11.5 Å². The van der Waals surface area contributed by atoms with Crippen molar-refractivity contribution in [2.75, 3.05) is 6.54 Å². The smallest absolute Gasteiger partial charge is 0.329 e. The van der Waals surface area contributed by atoms with E-state index in [-0.39, 0.29) is 24.5 Å². The summed E-state index contributed by atoms with van der Waals surface area (Å²) in [4.78, 5) is 0. The molecule has 0 aliphatic rings. The molecule has 0 radical (unpaired) electrons. The Bertz CT molecular complexity index is 354. The molecular weight excluding hydrogens is 248 g/mol. The summed E-state index contributed by atoms with van der Waals surface area (Å²) < 4.78 is 49.7. The van der Waals surface area contributed by atoms with Crippen molar-refractivity contribution in [3.05, 3.63) is 35.1 Å². The van der Waals surface area contributed by atoms with E-state index in [0.717, 1.165) is 6.07 Å². The average molecular weight is 259 g/mol. The van der Waals surface area contributed by atoms with Gasteiger partial charge in [0.25, 0.3) is 0 Å². The Hall–Kier alpha value is -0.850. The van der Waals surface area contributed by atoms with Crippen molar-refractivity contribution in [1.82, 2.24) is 0 Å².